The number of benzene rings is 1. The van der Waals surface area contributed by atoms with Crippen LogP contribution in [-0.2, 0) is 0 Å². The Bertz CT molecular complexity index is 637. The van der Waals surface area contributed by atoms with Crippen LogP contribution in [0.3, 0.4) is 0 Å². The number of carboxylic acids is 1. The van der Waals surface area contributed by atoms with Crippen molar-refractivity contribution >= 4 is 17.6 Å². The van der Waals surface area contributed by atoms with Gasteiger partial charge in [-0.25, -0.2) is 9.18 Å². The second kappa shape index (κ2) is 5.01. The van der Waals surface area contributed by atoms with Gasteiger partial charge in [0.15, 0.2) is 5.76 Å². The lowest BCUT2D eigenvalue weighted by Gasteiger charge is -2.03. The lowest BCUT2D eigenvalue weighted by Crippen LogP contribution is -2.03. The topological polar surface area (TPSA) is 63.3 Å². The maximum Gasteiger partial charge on any atom is 0.341 e. The third-order valence-electron chi connectivity index (χ3n) is 2.64. The highest BCUT2D eigenvalue weighted by molar-refractivity contribution is 6.30. The number of aromatic nitrogens is 1. The molecule has 0 aliphatic heterocycles. The summed E-state index contributed by atoms with van der Waals surface area (Å²) in [6, 6.07) is 3.86. The summed E-state index contributed by atoms with van der Waals surface area (Å²) in [4.78, 5) is 11.3. The number of rotatable bonds is 3. The second-order valence-corrected chi connectivity index (χ2v) is 4.79. The molecule has 0 spiro atoms. The summed E-state index contributed by atoms with van der Waals surface area (Å²) < 4.78 is 18.8. The summed E-state index contributed by atoms with van der Waals surface area (Å²) in [7, 11) is 0. The lowest BCUT2D eigenvalue weighted by atomic mass is 10.0. The fourth-order valence-electron chi connectivity index (χ4n) is 1.77. The molecule has 1 aromatic carbocycles. The van der Waals surface area contributed by atoms with E-state index in [1.54, 1.807) is 13.8 Å². The number of carbonyl (C=O) groups is 1. The molecule has 2 aromatic rings. The van der Waals surface area contributed by atoms with E-state index < -0.39 is 11.8 Å². The number of aromatic carboxylic acids is 1. The smallest absolute Gasteiger partial charge is 0.341 e. The van der Waals surface area contributed by atoms with Gasteiger partial charge >= 0.3 is 5.97 Å². The van der Waals surface area contributed by atoms with Crippen molar-refractivity contribution in [1.82, 2.24) is 5.16 Å². The van der Waals surface area contributed by atoms with Crippen LogP contribution in [0, 0.1) is 5.82 Å². The molecule has 1 heterocycles. The molecule has 0 bridgehead atoms. The Hall–Kier alpha value is -1.88. The minimum atomic E-state index is -1.21. The molecule has 100 valence electrons. The molecule has 1 aromatic heterocycles. The third kappa shape index (κ3) is 2.46. The van der Waals surface area contributed by atoms with Crippen molar-refractivity contribution in [2.75, 3.05) is 0 Å². The van der Waals surface area contributed by atoms with Crippen LogP contribution < -0.4 is 0 Å². The number of hydrogen-bond donors (Lipinski definition) is 1. The highest BCUT2D eigenvalue weighted by atomic mass is 35.5. The summed E-state index contributed by atoms with van der Waals surface area (Å²) in [5, 5.41) is 13.2. The highest BCUT2D eigenvalue weighted by Crippen LogP contribution is 2.32. The van der Waals surface area contributed by atoms with Crippen molar-refractivity contribution in [3.05, 3.63) is 40.4 Å². The fourth-order valence-corrected chi connectivity index (χ4v) is 1.94. The van der Waals surface area contributed by atoms with Crippen molar-refractivity contribution in [2.45, 2.75) is 19.8 Å². The van der Waals surface area contributed by atoms with Crippen molar-refractivity contribution in [3.8, 4) is 11.3 Å². The van der Waals surface area contributed by atoms with E-state index in [4.69, 9.17) is 16.1 Å². The molecule has 0 atom stereocenters. The summed E-state index contributed by atoms with van der Waals surface area (Å²) in [5.41, 5.74) is -0.159. The molecule has 0 aliphatic carbocycles. The van der Waals surface area contributed by atoms with Crippen molar-refractivity contribution < 1.29 is 18.8 Å². The van der Waals surface area contributed by atoms with Crippen LogP contribution in [0.15, 0.2) is 22.7 Å². The molecular weight excluding hydrogens is 273 g/mol. The molecule has 0 unspecified atom stereocenters. The minimum Gasteiger partial charge on any atom is -0.477 e. The van der Waals surface area contributed by atoms with Crippen LogP contribution in [0.5, 0.6) is 0 Å². The van der Waals surface area contributed by atoms with Crippen LogP contribution in [0.2, 0.25) is 5.02 Å². The van der Waals surface area contributed by atoms with Gasteiger partial charge in [0.05, 0.1) is 0 Å². The van der Waals surface area contributed by atoms with Gasteiger partial charge in [-0.2, -0.15) is 0 Å². The summed E-state index contributed by atoms with van der Waals surface area (Å²) in [5.74, 6) is -1.77. The average molecular weight is 284 g/mol. The monoisotopic (exact) mass is 283 g/mol. The predicted octanol–water partition coefficient (Wildman–Crippen LogP) is 3.96. The van der Waals surface area contributed by atoms with E-state index in [9.17, 15) is 14.3 Å². The highest BCUT2D eigenvalue weighted by Gasteiger charge is 2.26. The summed E-state index contributed by atoms with van der Waals surface area (Å²) in [6.07, 6.45) is 0. The molecule has 0 saturated carbocycles. The second-order valence-electron chi connectivity index (χ2n) is 4.35. The quantitative estimate of drug-likeness (QED) is 0.926. The summed E-state index contributed by atoms with van der Waals surface area (Å²) >= 11 is 5.80. The first-order chi connectivity index (χ1) is 8.91. The molecule has 2 rings (SSSR count). The van der Waals surface area contributed by atoms with Crippen LogP contribution in [-0.4, -0.2) is 16.2 Å². The van der Waals surface area contributed by atoms with Gasteiger partial charge in [-0.3, -0.25) is 0 Å². The Morgan fingerprint density at radius 3 is 2.74 bits per heavy atom. The number of carboxylic acid groups (broad SMARTS) is 1. The average Bonchev–Trinajstić information content (AvgIpc) is 2.76. The van der Waals surface area contributed by atoms with Crippen LogP contribution >= 0.6 is 11.6 Å². The van der Waals surface area contributed by atoms with E-state index in [2.05, 4.69) is 5.16 Å². The van der Waals surface area contributed by atoms with Gasteiger partial charge in [0.25, 0.3) is 0 Å². The zero-order valence-electron chi connectivity index (χ0n) is 10.3. The van der Waals surface area contributed by atoms with Gasteiger partial charge in [0.1, 0.15) is 17.1 Å². The first-order valence-electron chi connectivity index (χ1n) is 5.60. The minimum absolute atomic E-state index is 0.0144. The van der Waals surface area contributed by atoms with Gasteiger partial charge < -0.3 is 9.63 Å². The Morgan fingerprint density at radius 2 is 2.16 bits per heavy atom. The number of nitrogens with zero attached hydrogens (tertiary/aromatic N) is 1. The van der Waals surface area contributed by atoms with Crippen molar-refractivity contribution in [2.24, 2.45) is 0 Å². The van der Waals surface area contributed by atoms with Crippen LogP contribution in [0.1, 0.15) is 35.9 Å². The number of hydrogen-bond acceptors (Lipinski definition) is 3. The van der Waals surface area contributed by atoms with Crippen LogP contribution in [0.25, 0.3) is 11.3 Å². The molecular formula is C13H11ClFNO3. The Balaban J connectivity index is 2.69. The van der Waals surface area contributed by atoms with E-state index in [1.807, 2.05) is 0 Å². The van der Waals surface area contributed by atoms with E-state index in [0.29, 0.717) is 5.02 Å². The van der Waals surface area contributed by atoms with E-state index in [0.717, 1.165) is 6.07 Å². The normalized spacial score (nSPS) is 11.0. The number of halogens is 2. The molecule has 0 saturated heterocycles. The van der Waals surface area contributed by atoms with Gasteiger partial charge in [-0.05, 0) is 18.2 Å². The van der Waals surface area contributed by atoms with Gasteiger partial charge in [-0.1, -0.05) is 30.6 Å². The Kier molecular flexibility index (Phi) is 3.57. The van der Waals surface area contributed by atoms with E-state index in [1.165, 1.54) is 12.1 Å². The molecule has 4 nitrogen and oxygen atoms in total. The predicted molar refractivity (Wildman–Crippen MR) is 68.0 cm³/mol. The molecule has 0 radical (unpaired) electrons. The first kappa shape index (κ1) is 13.5. The van der Waals surface area contributed by atoms with Crippen molar-refractivity contribution in [1.29, 1.82) is 0 Å². The van der Waals surface area contributed by atoms with Gasteiger partial charge in [0, 0.05) is 16.5 Å². The SMILES string of the molecule is CC(C)c1onc(-c2cc(Cl)ccc2F)c1C(=O)O. The molecule has 0 amide bonds. The Morgan fingerprint density at radius 1 is 1.47 bits per heavy atom. The molecule has 6 heteroatoms. The molecule has 0 fully saturated rings. The third-order valence-corrected chi connectivity index (χ3v) is 2.88. The van der Waals surface area contributed by atoms with E-state index >= 15 is 0 Å². The zero-order chi connectivity index (χ0) is 14.2. The Labute approximate surface area is 113 Å². The maximum atomic E-state index is 13.8. The molecule has 1 N–H and O–H groups in total. The van der Waals surface area contributed by atoms with Crippen molar-refractivity contribution in [3.63, 3.8) is 0 Å². The zero-order valence-corrected chi connectivity index (χ0v) is 11.0. The van der Waals surface area contributed by atoms with E-state index in [-0.39, 0.29) is 28.5 Å². The van der Waals surface area contributed by atoms with Gasteiger partial charge in [0.2, 0.25) is 0 Å². The maximum absolute atomic E-state index is 13.8. The lowest BCUT2D eigenvalue weighted by molar-refractivity contribution is 0.0694. The largest absolute Gasteiger partial charge is 0.477 e. The molecule has 0 aliphatic rings. The summed E-state index contributed by atoms with van der Waals surface area (Å²) in [6.45, 7) is 3.54. The molecule has 19 heavy (non-hydrogen) atoms. The fraction of sp³-hybridized carbons (Fsp3) is 0.231. The van der Waals surface area contributed by atoms with Gasteiger partial charge in [-0.15, -0.1) is 0 Å². The standard InChI is InChI=1S/C13H11ClFNO3/c1-6(2)12-10(13(17)18)11(16-19-12)8-5-7(14)3-4-9(8)15/h3-6H,1-2H3,(H,17,18). The first-order valence-corrected chi connectivity index (χ1v) is 5.98. The van der Waals surface area contributed by atoms with Crippen LogP contribution in [0.4, 0.5) is 4.39 Å².